The Morgan fingerprint density at radius 1 is 1.25 bits per heavy atom. The molecule has 64 valence electrons. The molecule has 1 N–H and O–H groups in total. The number of hydrogen-bond acceptors (Lipinski definition) is 1. The number of aliphatic hydroxyl groups excluding tert-OH is 1. The van der Waals surface area contributed by atoms with Gasteiger partial charge >= 0.3 is 0 Å². The third-order valence-electron chi connectivity index (χ3n) is 2.22. The lowest BCUT2D eigenvalue weighted by Crippen LogP contribution is -2.19. The average molecular weight is 162 g/mol. The summed E-state index contributed by atoms with van der Waals surface area (Å²) in [5.41, 5.74) is 0.735. The third-order valence-corrected chi connectivity index (χ3v) is 2.22. The highest BCUT2D eigenvalue weighted by Gasteiger charge is 2.23. The van der Waals surface area contributed by atoms with E-state index in [0.29, 0.717) is 0 Å². The number of benzene rings is 1. The Morgan fingerprint density at radius 2 is 1.75 bits per heavy atom. The van der Waals surface area contributed by atoms with Crippen LogP contribution in [0.2, 0.25) is 0 Å². The minimum absolute atomic E-state index is 0.203. The summed E-state index contributed by atoms with van der Waals surface area (Å²) >= 11 is 0. The fraction of sp³-hybridized carbons (Fsp3) is 0.273. The van der Waals surface area contributed by atoms with Crippen LogP contribution in [0, 0.1) is 0 Å². The standard InChI is InChI=1S/C11H14O/c1-9(12)11(2,3)10-7-5-4-6-8-10/h4-8,12H,1H2,2-3H3. The van der Waals surface area contributed by atoms with Gasteiger partial charge < -0.3 is 5.11 Å². The molecule has 0 spiro atoms. The SMILES string of the molecule is C=C(O)C(C)(C)c1ccccc1. The van der Waals surface area contributed by atoms with Gasteiger partial charge in [-0.2, -0.15) is 0 Å². The van der Waals surface area contributed by atoms with Crippen molar-refractivity contribution in [3.63, 3.8) is 0 Å². The molecule has 1 rings (SSSR count). The summed E-state index contributed by atoms with van der Waals surface area (Å²) in [7, 11) is 0. The lowest BCUT2D eigenvalue weighted by Gasteiger charge is -2.23. The Morgan fingerprint density at radius 3 is 2.17 bits per heavy atom. The molecule has 0 aliphatic heterocycles. The first-order valence-electron chi connectivity index (χ1n) is 3.99. The molecule has 1 aromatic carbocycles. The van der Waals surface area contributed by atoms with E-state index < -0.39 is 0 Å². The van der Waals surface area contributed by atoms with Crippen LogP contribution in [0.3, 0.4) is 0 Å². The maximum absolute atomic E-state index is 9.34. The molecule has 0 radical (unpaired) electrons. The first kappa shape index (κ1) is 8.85. The lowest BCUT2D eigenvalue weighted by atomic mass is 9.83. The van der Waals surface area contributed by atoms with Gasteiger partial charge in [0.15, 0.2) is 0 Å². The van der Waals surface area contributed by atoms with Crippen molar-refractivity contribution < 1.29 is 5.11 Å². The molecule has 0 heterocycles. The van der Waals surface area contributed by atoms with E-state index in [4.69, 9.17) is 0 Å². The van der Waals surface area contributed by atoms with Crippen molar-refractivity contribution in [2.24, 2.45) is 0 Å². The fourth-order valence-corrected chi connectivity index (χ4v) is 1.02. The van der Waals surface area contributed by atoms with Crippen LogP contribution in [0.15, 0.2) is 42.7 Å². The first-order valence-corrected chi connectivity index (χ1v) is 3.99. The highest BCUT2D eigenvalue weighted by atomic mass is 16.3. The summed E-state index contributed by atoms with van der Waals surface area (Å²) in [4.78, 5) is 0. The number of allylic oxidation sites excluding steroid dienone is 1. The van der Waals surface area contributed by atoms with E-state index in [9.17, 15) is 5.11 Å². The molecule has 0 fully saturated rings. The summed E-state index contributed by atoms with van der Waals surface area (Å²) in [6.45, 7) is 7.46. The molecule has 0 amide bonds. The van der Waals surface area contributed by atoms with Crippen LogP contribution in [-0.4, -0.2) is 5.11 Å². The van der Waals surface area contributed by atoms with Crippen molar-refractivity contribution in [1.82, 2.24) is 0 Å². The van der Waals surface area contributed by atoms with Gasteiger partial charge in [-0.05, 0) is 19.4 Å². The van der Waals surface area contributed by atoms with Crippen molar-refractivity contribution in [3.05, 3.63) is 48.2 Å². The summed E-state index contributed by atoms with van der Waals surface area (Å²) in [6.07, 6.45) is 0. The van der Waals surface area contributed by atoms with Crippen LogP contribution in [0.25, 0.3) is 0 Å². The summed E-state index contributed by atoms with van der Waals surface area (Å²) < 4.78 is 0. The molecule has 0 atom stereocenters. The molecule has 12 heavy (non-hydrogen) atoms. The van der Waals surface area contributed by atoms with Crippen LogP contribution in [0.5, 0.6) is 0 Å². The quantitative estimate of drug-likeness (QED) is 0.663. The van der Waals surface area contributed by atoms with Gasteiger partial charge in [-0.15, -0.1) is 0 Å². The molecule has 1 nitrogen and oxygen atoms in total. The summed E-state index contributed by atoms with van der Waals surface area (Å²) in [5.74, 6) is 0.203. The molecule has 0 aliphatic carbocycles. The van der Waals surface area contributed by atoms with Crippen LogP contribution in [-0.2, 0) is 5.41 Å². The van der Waals surface area contributed by atoms with Gasteiger partial charge in [0.25, 0.3) is 0 Å². The molecule has 0 aromatic heterocycles. The number of rotatable bonds is 2. The molecule has 0 unspecified atom stereocenters. The summed E-state index contributed by atoms with van der Waals surface area (Å²) in [5, 5.41) is 9.34. The molecule has 0 saturated heterocycles. The average Bonchev–Trinajstić information content (AvgIpc) is 2.06. The molecule has 0 bridgehead atoms. The maximum atomic E-state index is 9.34. The minimum Gasteiger partial charge on any atom is -0.512 e. The number of aliphatic hydroxyl groups is 1. The third kappa shape index (κ3) is 1.50. The smallest absolute Gasteiger partial charge is 0.0950 e. The topological polar surface area (TPSA) is 20.2 Å². The van der Waals surface area contributed by atoms with Crippen molar-refractivity contribution in [2.75, 3.05) is 0 Å². The minimum atomic E-state index is -0.346. The Kier molecular flexibility index (Phi) is 2.22. The zero-order chi connectivity index (χ0) is 9.19. The van der Waals surface area contributed by atoms with Gasteiger partial charge in [0.1, 0.15) is 0 Å². The van der Waals surface area contributed by atoms with Gasteiger partial charge in [-0.3, -0.25) is 0 Å². The predicted molar refractivity (Wildman–Crippen MR) is 51.2 cm³/mol. The number of hydrogen-bond donors (Lipinski definition) is 1. The van der Waals surface area contributed by atoms with Gasteiger partial charge in [0, 0.05) is 5.41 Å². The molecular weight excluding hydrogens is 148 g/mol. The van der Waals surface area contributed by atoms with E-state index in [1.807, 2.05) is 44.2 Å². The molecular formula is C11H14O. The molecule has 1 aromatic rings. The largest absolute Gasteiger partial charge is 0.512 e. The Labute approximate surface area is 73.4 Å². The van der Waals surface area contributed by atoms with Crippen LogP contribution < -0.4 is 0 Å². The van der Waals surface area contributed by atoms with E-state index in [1.165, 1.54) is 0 Å². The van der Waals surface area contributed by atoms with Crippen LogP contribution in [0.4, 0.5) is 0 Å². The Hall–Kier alpha value is -1.24. The van der Waals surface area contributed by atoms with Crippen molar-refractivity contribution in [1.29, 1.82) is 0 Å². The van der Waals surface area contributed by atoms with E-state index >= 15 is 0 Å². The lowest BCUT2D eigenvalue weighted by molar-refractivity contribution is 0.324. The van der Waals surface area contributed by atoms with Gasteiger partial charge in [0.05, 0.1) is 5.76 Å². The summed E-state index contributed by atoms with van der Waals surface area (Å²) in [6, 6.07) is 9.85. The van der Waals surface area contributed by atoms with Gasteiger partial charge in [0.2, 0.25) is 0 Å². The highest BCUT2D eigenvalue weighted by molar-refractivity contribution is 5.29. The monoisotopic (exact) mass is 162 g/mol. The maximum Gasteiger partial charge on any atom is 0.0950 e. The van der Waals surface area contributed by atoms with Crippen molar-refractivity contribution in [2.45, 2.75) is 19.3 Å². The molecule has 1 heteroatoms. The second-order valence-corrected chi connectivity index (χ2v) is 3.44. The normalized spacial score (nSPS) is 11.2. The van der Waals surface area contributed by atoms with E-state index in [0.717, 1.165) is 5.56 Å². The molecule has 0 aliphatic rings. The second kappa shape index (κ2) is 3.02. The highest BCUT2D eigenvalue weighted by Crippen LogP contribution is 2.27. The second-order valence-electron chi connectivity index (χ2n) is 3.44. The Balaban J connectivity index is 3.06. The van der Waals surface area contributed by atoms with Crippen LogP contribution >= 0.6 is 0 Å². The Bertz CT molecular complexity index is 272. The van der Waals surface area contributed by atoms with E-state index in [-0.39, 0.29) is 11.2 Å². The van der Waals surface area contributed by atoms with Crippen molar-refractivity contribution >= 4 is 0 Å². The van der Waals surface area contributed by atoms with E-state index in [2.05, 4.69) is 6.58 Å². The van der Waals surface area contributed by atoms with Gasteiger partial charge in [-0.25, -0.2) is 0 Å². The van der Waals surface area contributed by atoms with Gasteiger partial charge in [-0.1, -0.05) is 36.9 Å². The first-order chi connectivity index (χ1) is 5.55. The fourth-order valence-electron chi connectivity index (χ4n) is 1.02. The van der Waals surface area contributed by atoms with Crippen molar-refractivity contribution in [3.8, 4) is 0 Å². The molecule has 0 saturated carbocycles. The predicted octanol–water partition coefficient (Wildman–Crippen LogP) is 3.04. The van der Waals surface area contributed by atoms with Crippen LogP contribution in [0.1, 0.15) is 19.4 Å². The zero-order valence-corrected chi connectivity index (χ0v) is 7.54. The zero-order valence-electron chi connectivity index (χ0n) is 7.54. The van der Waals surface area contributed by atoms with E-state index in [1.54, 1.807) is 0 Å².